The molecule has 0 fully saturated rings. The number of nitrogens with one attached hydrogen (secondary N) is 1. The molecule has 1 rings (SSSR count). The molecule has 0 atom stereocenters. The molecule has 0 heterocycles. The molecule has 0 aliphatic rings. The number of benzene rings is 1. The van der Waals surface area contributed by atoms with Crippen LogP contribution < -0.4 is 4.72 Å². The minimum Gasteiger partial charge on any atom is -0.294 e. The maximum atomic E-state index is 11.8. The third-order valence-electron chi connectivity index (χ3n) is 2.56. The normalized spacial score (nSPS) is 11.8. The number of sulfonamides is 1. The van der Waals surface area contributed by atoms with Crippen LogP contribution in [-0.2, 0) is 10.0 Å². The van der Waals surface area contributed by atoms with Gasteiger partial charge in [0.2, 0.25) is 10.0 Å². The minimum absolute atomic E-state index is 0.0578. The Labute approximate surface area is 102 Å². The Balaban J connectivity index is 3.35. The topological polar surface area (TPSA) is 63.2 Å². The summed E-state index contributed by atoms with van der Waals surface area (Å²) < 4.78 is 25.7. The molecule has 0 spiro atoms. The lowest BCUT2D eigenvalue weighted by molar-refractivity contribution is 0.0939. The molecule has 4 nitrogen and oxygen atoms in total. The molecule has 94 valence electrons. The average molecular weight is 255 g/mol. The monoisotopic (exact) mass is 255 g/mol. The maximum Gasteiger partial charge on any atom is 0.240 e. The highest BCUT2D eigenvalue weighted by Gasteiger charge is 2.18. The second-order valence-corrected chi connectivity index (χ2v) is 6.06. The molecule has 0 aliphatic heterocycles. The summed E-state index contributed by atoms with van der Waals surface area (Å²) in [6, 6.07) is 4.75. The van der Waals surface area contributed by atoms with Crippen LogP contribution >= 0.6 is 0 Å². The van der Waals surface area contributed by atoms with Crippen molar-refractivity contribution in [1.82, 2.24) is 4.72 Å². The van der Waals surface area contributed by atoms with Crippen LogP contribution in [0.4, 0.5) is 0 Å². The maximum absolute atomic E-state index is 11.8. The molecule has 0 amide bonds. The summed E-state index contributed by atoms with van der Waals surface area (Å²) in [7, 11) is -2.16. The van der Waals surface area contributed by atoms with E-state index in [0.29, 0.717) is 11.1 Å². The summed E-state index contributed by atoms with van der Waals surface area (Å²) in [5, 5.41) is 0. The predicted molar refractivity (Wildman–Crippen MR) is 66.6 cm³/mol. The van der Waals surface area contributed by atoms with E-state index < -0.39 is 10.0 Å². The number of aryl methyl sites for hydroxylation is 1. The summed E-state index contributed by atoms with van der Waals surface area (Å²) in [5.41, 5.74) is 1.05. The van der Waals surface area contributed by atoms with Gasteiger partial charge >= 0.3 is 0 Å². The molecule has 0 saturated carbocycles. The Hall–Kier alpha value is -1.20. The number of Topliss-reactive ketones (excluding diaryl/α,β-unsaturated/α-hetero) is 1. The van der Waals surface area contributed by atoms with Crippen molar-refractivity contribution in [3.05, 3.63) is 29.3 Å². The zero-order valence-electron chi connectivity index (χ0n) is 10.4. The largest absolute Gasteiger partial charge is 0.294 e. The van der Waals surface area contributed by atoms with Crippen molar-refractivity contribution >= 4 is 15.8 Å². The predicted octanol–water partition coefficient (Wildman–Crippen LogP) is 1.74. The van der Waals surface area contributed by atoms with Crippen LogP contribution in [0.5, 0.6) is 0 Å². The summed E-state index contributed by atoms with van der Waals surface area (Å²) in [6.45, 7) is 5.27. The molecule has 1 aromatic rings. The quantitative estimate of drug-likeness (QED) is 0.834. The van der Waals surface area contributed by atoms with Gasteiger partial charge in [-0.2, -0.15) is 0 Å². The third kappa shape index (κ3) is 2.92. The first-order valence-corrected chi connectivity index (χ1v) is 6.86. The smallest absolute Gasteiger partial charge is 0.240 e. The molecule has 5 heteroatoms. The van der Waals surface area contributed by atoms with E-state index in [1.807, 2.05) is 0 Å². The summed E-state index contributed by atoms with van der Waals surface area (Å²) in [4.78, 5) is 12.0. The molecular formula is C12H17NO3S. The Kier molecular flexibility index (Phi) is 4.06. The van der Waals surface area contributed by atoms with Gasteiger partial charge in [-0.15, -0.1) is 0 Å². The first-order chi connectivity index (χ1) is 7.79. The van der Waals surface area contributed by atoms with Crippen molar-refractivity contribution in [2.24, 2.45) is 5.92 Å². The van der Waals surface area contributed by atoms with Gasteiger partial charge in [-0.25, -0.2) is 13.1 Å². The SMILES string of the molecule is CNS(=O)(=O)c1cc(C(=O)C(C)C)ccc1C. The second kappa shape index (κ2) is 4.98. The highest BCUT2D eigenvalue weighted by molar-refractivity contribution is 7.89. The Morgan fingerprint density at radius 1 is 1.29 bits per heavy atom. The van der Waals surface area contributed by atoms with Gasteiger partial charge in [0.05, 0.1) is 4.90 Å². The molecule has 0 aromatic heterocycles. The van der Waals surface area contributed by atoms with Gasteiger partial charge in [-0.3, -0.25) is 4.79 Å². The number of rotatable bonds is 4. The van der Waals surface area contributed by atoms with Crippen LogP contribution in [0.15, 0.2) is 23.1 Å². The Bertz CT molecular complexity index is 533. The molecule has 0 radical (unpaired) electrons. The number of carbonyl (C=O) groups is 1. The summed E-state index contributed by atoms with van der Waals surface area (Å²) >= 11 is 0. The molecule has 17 heavy (non-hydrogen) atoms. The van der Waals surface area contributed by atoms with Crippen LogP contribution in [0.3, 0.4) is 0 Å². The lowest BCUT2D eigenvalue weighted by Crippen LogP contribution is -2.20. The van der Waals surface area contributed by atoms with E-state index in [2.05, 4.69) is 4.72 Å². The van der Waals surface area contributed by atoms with Gasteiger partial charge in [-0.1, -0.05) is 26.0 Å². The number of hydrogen-bond acceptors (Lipinski definition) is 3. The molecule has 0 unspecified atom stereocenters. The van der Waals surface area contributed by atoms with E-state index in [4.69, 9.17) is 0 Å². The van der Waals surface area contributed by atoms with E-state index in [1.165, 1.54) is 13.1 Å². The third-order valence-corrected chi connectivity index (χ3v) is 4.11. The van der Waals surface area contributed by atoms with Gasteiger partial charge in [0.15, 0.2) is 5.78 Å². The first kappa shape index (κ1) is 13.9. The standard InChI is InChI=1S/C12H17NO3S/c1-8(2)12(14)10-6-5-9(3)11(7-10)17(15,16)13-4/h5-8,13H,1-4H3. The van der Waals surface area contributed by atoms with Gasteiger partial charge in [-0.05, 0) is 25.6 Å². The van der Waals surface area contributed by atoms with Gasteiger partial charge in [0.1, 0.15) is 0 Å². The molecule has 1 N–H and O–H groups in total. The first-order valence-electron chi connectivity index (χ1n) is 5.38. The van der Waals surface area contributed by atoms with Crippen LogP contribution in [-0.4, -0.2) is 21.2 Å². The molecule has 1 aromatic carbocycles. The zero-order valence-corrected chi connectivity index (χ0v) is 11.3. The summed E-state index contributed by atoms with van der Waals surface area (Å²) in [6.07, 6.45) is 0. The van der Waals surface area contributed by atoms with Crippen LogP contribution in [0.2, 0.25) is 0 Å². The molecule has 0 aliphatic carbocycles. The number of hydrogen-bond donors (Lipinski definition) is 1. The van der Waals surface area contributed by atoms with Gasteiger partial charge < -0.3 is 0 Å². The van der Waals surface area contributed by atoms with Crippen molar-refractivity contribution < 1.29 is 13.2 Å². The molecule has 0 saturated heterocycles. The Morgan fingerprint density at radius 3 is 2.35 bits per heavy atom. The van der Waals surface area contributed by atoms with E-state index in [9.17, 15) is 13.2 Å². The van der Waals surface area contributed by atoms with Crippen LogP contribution in [0.1, 0.15) is 29.8 Å². The second-order valence-electron chi connectivity index (χ2n) is 4.21. The van der Waals surface area contributed by atoms with E-state index in [-0.39, 0.29) is 16.6 Å². The summed E-state index contributed by atoms with van der Waals surface area (Å²) in [5.74, 6) is -0.208. The molecular weight excluding hydrogens is 238 g/mol. The zero-order chi connectivity index (χ0) is 13.2. The van der Waals surface area contributed by atoms with E-state index in [0.717, 1.165) is 0 Å². The average Bonchev–Trinajstić information content (AvgIpc) is 2.28. The lowest BCUT2D eigenvalue weighted by Gasteiger charge is -2.10. The van der Waals surface area contributed by atoms with Crippen LogP contribution in [0, 0.1) is 12.8 Å². The van der Waals surface area contributed by atoms with Crippen LogP contribution in [0.25, 0.3) is 0 Å². The molecule has 0 bridgehead atoms. The lowest BCUT2D eigenvalue weighted by atomic mass is 10.0. The van der Waals surface area contributed by atoms with Crippen molar-refractivity contribution in [2.75, 3.05) is 7.05 Å². The number of carbonyl (C=O) groups excluding carboxylic acids is 1. The fourth-order valence-electron chi connectivity index (χ4n) is 1.49. The van der Waals surface area contributed by atoms with Crippen molar-refractivity contribution in [3.8, 4) is 0 Å². The van der Waals surface area contributed by atoms with Gasteiger partial charge in [0.25, 0.3) is 0 Å². The highest BCUT2D eigenvalue weighted by atomic mass is 32.2. The van der Waals surface area contributed by atoms with Gasteiger partial charge in [0, 0.05) is 11.5 Å². The minimum atomic E-state index is -3.51. The van der Waals surface area contributed by atoms with Crippen molar-refractivity contribution in [1.29, 1.82) is 0 Å². The Morgan fingerprint density at radius 2 is 1.88 bits per heavy atom. The highest BCUT2D eigenvalue weighted by Crippen LogP contribution is 2.18. The van der Waals surface area contributed by atoms with Crippen molar-refractivity contribution in [2.45, 2.75) is 25.7 Å². The fourth-order valence-corrected chi connectivity index (χ4v) is 2.48. The fraction of sp³-hybridized carbons (Fsp3) is 0.417. The van der Waals surface area contributed by atoms with Crippen molar-refractivity contribution in [3.63, 3.8) is 0 Å². The number of ketones is 1. The van der Waals surface area contributed by atoms with E-state index in [1.54, 1.807) is 32.9 Å². The van der Waals surface area contributed by atoms with E-state index >= 15 is 0 Å².